The van der Waals surface area contributed by atoms with Crippen LogP contribution < -0.4 is 10.2 Å². The summed E-state index contributed by atoms with van der Waals surface area (Å²) in [5.41, 5.74) is 1.13. The summed E-state index contributed by atoms with van der Waals surface area (Å²) in [6.07, 6.45) is -2.58. The largest absolute Gasteiger partial charge is 0.416 e. The normalized spacial score (nSPS) is 18.5. The van der Waals surface area contributed by atoms with E-state index in [0.717, 1.165) is 37.2 Å². The molecule has 29 heavy (non-hydrogen) atoms. The maximum Gasteiger partial charge on any atom is 0.416 e. The van der Waals surface area contributed by atoms with E-state index >= 15 is 0 Å². The summed E-state index contributed by atoms with van der Waals surface area (Å²) in [4.78, 5) is 29.4. The van der Waals surface area contributed by atoms with Crippen molar-refractivity contribution in [1.29, 1.82) is 0 Å². The Morgan fingerprint density at radius 1 is 1.17 bits per heavy atom. The van der Waals surface area contributed by atoms with Gasteiger partial charge < -0.3 is 15.1 Å². The molecule has 0 aromatic heterocycles. The number of halogens is 3. The Morgan fingerprint density at radius 2 is 1.90 bits per heavy atom. The highest BCUT2D eigenvalue weighted by molar-refractivity contribution is 6.08. The number of anilines is 2. The number of hydrogen-bond donors (Lipinski definition) is 1. The van der Waals surface area contributed by atoms with Crippen LogP contribution in [0.4, 0.5) is 24.5 Å². The topological polar surface area (TPSA) is 52.7 Å². The second-order valence-electron chi connectivity index (χ2n) is 7.17. The molecule has 1 atom stereocenters. The molecule has 2 aromatic rings. The molecule has 0 unspecified atom stereocenters. The van der Waals surface area contributed by atoms with Gasteiger partial charge in [-0.1, -0.05) is 0 Å². The summed E-state index contributed by atoms with van der Waals surface area (Å²) in [7, 11) is 0. The van der Waals surface area contributed by atoms with Gasteiger partial charge in [0.1, 0.15) is 6.17 Å². The molecule has 2 aliphatic heterocycles. The summed E-state index contributed by atoms with van der Waals surface area (Å²) in [5.74, 6) is -0.466. The SMILES string of the molecule is CCN1c2cc(C(=O)Nc3ccc(C(F)(F)F)cc3)ccc2C(=O)N2CCC[C@H]21. The monoisotopic (exact) mass is 403 g/mol. The number of benzene rings is 2. The lowest BCUT2D eigenvalue weighted by Crippen LogP contribution is -2.52. The smallest absolute Gasteiger partial charge is 0.351 e. The molecule has 4 rings (SSSR count). The lowest BCUT2D eigenvalue weighted by Gasteiger charge is -2.41. The summed E-state index contributed by atoms with van der Waals surface area (Å²) in [6.45, 7) is 3.44. The molecule has 1 N–H and O–H groups in total. The van der Waals surface area contributed by atoms with E-state index in [-0.39, 0.29) is 17.8 Å². The zero-order valence-corrected chi connectivity index (χ0v) is 15.8. The molecular weight excluding hydrogens is 383 g/mol. The molecule has 2 aromatic carbocycles. The van der Waals surface area contributed by atoms with Crippen LogP contribution in [-0.4, -0.2) is 36.0 Å². The highest BCUT2D eigenvalue weighted by Gasteiger charge is 2.39. The van der Waals surface area contributed by atoms with Crippen molar-refractivity contribution >= 4 is 23.2 Å². The second-order valence-corrected chi connectivity index (χ2v) is 7.17. The fourth-order valence-corrected chi connectivity index (χ4v) is 4.04. The molecule has 0 spiro atoms. The first-order chi connectivity index (χ1) is 13.8. The van der Waals surface area contributed by atoms with Gasteiger partial charge in [0.25, 0.3) is 11.8 Å². The first kappa shape index (κ1) is 19.3. The number of amides is 2. The number of fused-ring (bicyclic) bond motifs is 2. The Balaban J connectivity index is 1.59. The van der Waals surface area contributed by atoms with Gasteiger partial charge in [0.2, 0.25) is 0 Å². The molecule has 2 amide bonds. The maximum atomic E-state index is 12.8. The summed E-state index contributed by atoms with van der Waals surface area (Å²) < 4.78 is 38.0. The molecule has 2 aliphatic rings. The van der Waals surface area contributed by atoms with Crippen LogP contribution in [0.15, 0.2) is 42.5 Å². The minimum atomic E-state index is -4.43. The van der Waals surface area contributed by atoms with Crippen LogP contribution in [-0.2, 0) is 6.18 Å². The number of nitrogens with one attached hydrogen (secondary N) is 1. The van der Waals surface area contributed by atoms with Crippen molar-refractivity contribution in [1.82, 2.24) is 4.90 Å². The van der Waals surface area contributed by atoms with Crippen LogP contribution in [0.1, 0.15) is 46.0 Å². The third-order valence-corrected chi connectivity index (χ3v) is 5.45. The van der Waals surface area contributed by atoms with Crippen LogP contribution in [0.2, 0.25) is 0 Å². The van der Waals surface area contributed by atoms with Crippen molar-refractivity contribution < 1.29 is 22.8 Å². The lowest BCUT2D eigenvalue weighted by atomic mass is 10.0. The quantitative estimate of drug-likeness (QED) is 0.829. The van der Waals surface area contributed by atoms with Gasteiger partial charge in [-0.2, -0.15) is 13.2 Å². The molecular formula is C21H20F3N3O2. The van der Waals surface area contributed by atoms with Gasteiger partial charge in [-0.25, -0.2) is 0 Å². The van der Waals surface area contributed by atoms with Gasteiger partial charge in [0.05, 0.1) is 16.8 Å². The molecule has 0 saturated carbocycles. The average Bonchev–Trinajstić information content (AvgIpc) is 3.18. The number of carbonyl (C=O) groups is 2. The third kappa shape index (κ3) is 3.43. The Bertz CT molecular complexity index is 957. The Kier molecular flexibility index (Phi) is 4.72. The Labute approximate surface area is 166 Å². The predicted molar refractivity (Wildman–Crippen MR) is 103 cm³/mol. The van der Waals surface area contributed by atoms with E-state index in [2.05, 4.69) is 10.2 Å². The molecule has 0 radical (unpaired) electrons. The number of hydrogen-bond acceptors (Lipinski definition) is 3. The van der Waals surface area contributed by atoms with Gasteiger partial charge in [0, 0.05) is 24.3 Å². The van der Waals surface area contributed by atoms with Crippen LogP contribution in [0.3, 0.4) is 0 Å². The van der Waals surface area contributed by atoms with Crippen LogP contribution in [0, 0.1) is 0 Å². The molecule has 8 heteroatoms. The van der Waals surface area contributed by atoms with Crippen molar-refractivity contribution in [2.75, 3.05) is 23.3 Å². The van der Waals surface area contributed by atoms with Gasteiger partial charge >= 0.3 is 6.18 Å². The number of nitrogens with zero attached hydrogens (tertiary/aromatic N) is 2. The van der Waals surface area contributed by atoms with E-state index in [1.54, 1.807) is 18.2 Å². The maximum absolute atomic E-state index is 12.8. The van der Waals surface area contributed by atoms with E-state index in [1.807, 2.05) is 11.8 Å². The molecule has 5 nitrogen and oxygen atoms in total. The summed E-state index contributed by atoms with van der Waals surface area (Å²) in [5, 5.41) is 2.61. The highest BCUT2D eigenvalue weighted by atomic mass is 19.4. The van der Waals surface area contributed by atoms with E-state index in [1.165, 1.54) is 12.1 Å². The molecule has 0 aliphatic carbocycles. The fraction of sp³-hybridized carbons (Fsp3) is 0.333. The molecule has 1 saturated heterocycles. The zero-order valence-electron chi connectivity index (χ0n) is 15.8. The number of rotatable bonds is 3. The van der Waals surface area contributed by atoms with Crippen molar-refractivity contribution in [3.63, 3.8) is 0 Å². The van der Waals surface area contributed by atoms with E-state index in [0.29, 0.717) is 17.7 Å². The molecule has 2 heterocycles. The molecule has 152 valence electrons. The number of carbonyl (C=O) groups excluding carboxylic acids is 2. The molecule has 0 bridgehead atoms. The summed E-state index contributed by atoms with van der Waals surface area (Å²) in [6, 6.07) is 9.20. The average molecular weight is 403 g/mol. The van der Waals surface area contributed by atoms with Gasteiger partial charge in [-0.15, -0.1) is 0 Å². The minimum Gasteiger partial charge on any atom is -0.351 e. The first-order valence-electron chi connectivity index (χ1n) is 9.50. The Morgan fingerprint density at radius 3 is 2.55 bits per heavy atom. The first-order valence-corrected chi connectivity index (χ1v) is 9.50. The van der Waals surface area contributed by atoms with Crippen molar-refractivity contribution in [2.24, 2.45) is 0 Å². The lowest BCUT2D eigenvalue weighted by molar-refractivity contribution is -0.137. The minimum absolute atomic E-state index is 0.00761. The fourth-order valence-electron chi connectivity index (χ4n) is 4.04. The van der Waals surface area contributed by atoms with Gasteiger partial charge in [-0.05, 0) is 62.2 Å². The standard InChI is InChI=1S/C21H20F3N3O2/c1-2-26-17-12-13(5-10-16(17)20(29)27-11-3-4-18(26)27)19(28)25-15-8-6-14(7-9-15)21(22,23)24/h5-10,12,18H,2-4,11H2,1H3,(H,25,28)/t18-/m0/s1. The number of alkyl halides is 3. The highest BCUT2D eigenvalue weighted by Crippen LogP contribution is 2.36. The van der Waals surface area contributed by atoms with Gasteiger partial charge in [-0.3, -0.25) is 9.59 Å². The Hall–Kier alpha value is -3.03. The van der Waals surface area contributed by atoms with Crippen LogP contribution in [0.25, 0.3) is 0 Å². The van der Waals surface area contributed by atoms with E-state index in [4.69, 9.17) is 0 Å². The van der Waals surface area contributed by atoms with E-state index < -0.39 is 17.6 Å². The molecule has 1 fully saturated rings. The zero-order chi connectivity index (χ0) is 20.8. The van der Waals surface area contributed by atoms with Crippen molar-refractivity contribution in [3.8, 4) is 0 Å². The second kappa shape index (κ2) is 7.09. The van der Waals surface area contributed by atoms with Crippen molar-refractivity contribution in [2.45, 2.75) is 32.1 Å². The van der Waals surface area contributed by atoms with E-state index in [9.17, 15) is 22.8 Å². The van der Waals surface area contributed by atoms with Crippen LogP contribution >= 0.6 is 0 Å². The predicted octanol–water partition coefficient (Wildman–Crippen LogP) is 4.36. The van der Waals surface area contributed by atoms with Gasteiger partial charge in [0.15, 0.2) is 0 Å². The van der Waals surface area contributed by atoms with Crippen LogP contribution in [0.5, 0.6) is 0 Å². The van der Waals surface area contributed by atoms with Crippen molar-refractivity contribution in [3.05, 3.63) is 59.2 Å². The summed E-state index contributed by atoms with van der Waals surface area (Å²) >= 11 is 0. The third-order valence-electron chi connectivity index (χ3n) is 5.45.